The van der Waals surface area contributed by atoms with Crippen molar-refractivity contribution >= 4 is 15.7 Å². The third kappa shape index (κ3) is 2.98. The zero-order valence-corrected chi connectivity index (χ0v) is 11.0. The van der Waals surface area contributed by atoms with E-state index in [1.54, 1.807) is 6.92 Å². The molecule has 0 atom stereocenters. The quantitative estimate of drug-likeness (QED) is 0.753. The molecule has 7 heteroatoms. The summed E-state index contributed by atoms with van der Waals surface area (Å²) >= 11 is 0. The molecular formula is C11H17FN2O3S. The maximum Gasteiger partial charge on any atom is 0.245 e. The van der Waals surface area contributed by atoms with Gasteiger partial charge in [0.25, 0.3) is 0 Å². The third-order valence-corrected chi connectivity index (χ3v) is 4.58. The van der Waals surface area contributed by atoms with Crippen molar-refractivity contribution in [2.24, 2.45) is 0 Å². The number of hydrogen-bond donors (Lipinski definition) is 2. The number of benzene rings is 1. The normalized spacial score (nSPS) is 12.0. The molecule has 0 radical (unpaired) electrons. The zero-order valence-electron chi connectivity index (χ0n) is 10.1. The van der Waals surface area contributed by atoms with Gasteiger partial charge in [-0.2, -0.15) is 4.31 Å². The minimum atomic E-state index is -3.82. The first-order valence-corrected chi connectivity index (χ1v) is 7.04. The molecule has 0 saturated heterocycles. The summed E-state index contributed by atoms with van der Waals surface area (Å²) in [5.41, 5.74) is 5.08. The van der Waals surface area contributed by atoms with E-state index in [0.29, 0.717) is 6.42 Å². The van der Waals surface area contributed by atoms with Gasteiger partial charge in [0.15, 0.2) is 0 Å². The molecule has 0 unspecified atom stereocenters. The lowest BCUT2D eigenvalue weighted by Gasteiger charge is -2.21. The van der Waals surface area contributed by atoms with Crippen LogP contribution in [0.4, 0.5) is 10.1 Å². The van der Waals surface area contributed by atoms with Crippen LogP contribution in [0.1, 0.15) is 13.3 Å². The number of rotatable bonds is 6. The Bertz CT molecular complexity index is 505. The Morgan fingerprint density at radius 1 is 1.44 bits per heavy atom. The fourth-order valence-corrected chi connectivity index (χ4v) is 3.19. The smallest absolute Gasteiger partial charge is 0.245 e. The van der Waals surface area contributed by atoms with Gasteiger partial charge in [-0.05, 0) is 18.6 Å². The second-order valence-corrected chi connectivity index (χ2v) is 5.63. The summed E-state index contributed by atoms with van der Waals surface area (Å²) in [4.78, 5) is -0.234. The van der Waals surface area contributed by atoms with Crippen molar-refractivity contribution in [2.45, 2.75) is 18.2 Å². The van der Waals surface area contributed by atoms with Gasteiger partial charge in [-0.25, -0.2) is 12.8 Å². The van der Waals surface area contributed by atoms with Crippen LogP contribution >= 0.6 is 0 Å². The van der Waals surface area contributed by atoms with Crippen LogP contribution < -0.4 is 5.73 Å². The van der Waals surface area contributed by atoms with Crippen LogP contribution in [0.2, 0.25) is 0 Å². The van der Waals surface area contributed by atoms with E-state index in [1.165, 1.54) is 12.1 Å². The molecule has 3 N–H and O–H groups in total. The predicted octanol–water partition coefficient (Wildman–Crippen LogP) is 0.801. The molecule has 0 aliphatic rings. The summed E-state index contributed by atoms with van der Waals surface area (Å²) in [5, 5.41) is 8.74. The molecule has 0 spiro atoms. The SMILES string of the molecule is CCN(CCCO)S(=O)(=O)c1cccc(F)c1N. The van der Waals surface area contributed by atoms with Crippen LogP contribution in [0, 0.1) is 5.82 Å². The summed E-state index contributed by atoms with van der Waals surface area (Å²) < 4.78 is 38.9. The summed E-state index contributed by atoms with van der Waals surface area (Å²) in [5.74, 6) is -0.755. The molecule has 0 fully saturated rings. The number of nitrogen functional groups attached to an aromatic ring is 1. The number of aliphatic hydroxyl groups excluding tert-OH is 1. The van der Waals surface area contributed by atoms with Gasteiger partial charge in [-0.3, -0.25) is 0 Å². The highest BCUT2D eigenvalue weighted by Crippen LogP contribution is 2.24. The molecule has 1 aromatic rings. The van der Waals surface area contributed by atoms with E-state index >= 15 is 0 Å². The van der Waals surface area contributed by atoms with Gasteiger partial charge < -0.3 is 10.8 Å². The number of nitrogens with two attached hydrogens (primary N) is 1. The molecule has 0 saturated carbocycles. The highest BCUT2D eigenvalue weighted by Gasteiger charge is 2.25. The molecule has 0 amide bonds. The van der Waals surface area contributed by atoms with E-state index in [2.05, 4.69) is 0 Å². The number of hydrogen-bond acceptors (Lipinski definition) is 4. The Morgan fingerprint density at radius 2 is 2.11 bits per heavy atom. The minimum absolute atomic E-state index is 0.106. The Kier molecular flexibility index (Phi) is 5.06. The molecule has 1 aromatic carbocycles. The average molecular weight is 276 g/mol. The predicted molar refractivity (Wildman–Crippen MR) is 66.9 cm³/mol. The van der Waals surface area contributed by atoms with Gasteiger partial charge in [-0.1, -0.05) is 13.0 Å². The maximum atomic E-state index is 13.3. The molecule has 0 heterocycles. The van der Waals surface area contributed by atoms with Crippen molar-refractivity contribution in [2.75, 3.05) is 25.4 Å². The lowest BCUT2D eigenvalue weighted by atomic mass is 10.3. The molecule has 0 aliphatic carbocycles. The van der Waals surface area contributed by atoms with Crippen LogP contribution in [-0.2, 0) is 10.0 Å². The topological polar surface area (TPSA) is 83.6 Å². The fraction of sp³-hybridized carbons (Fsp3) is 0.455. The van der Waals surface area contributed by atoms with Crippen molar-refractivity contribution in [1.29, 1.82) is 0 Å². The Morgan fingerprint density at radius 3 is 2.67 bits per heavy atom. The number of halogens is 1. The van der Waals surface area contributed by atoms with Crippen LogP contribution in [0.3, 0.4) is 0 Å². The number of nitrogens with zero attached hydrogens (tertiary/aromatic N) is 1. The third-order valence-electron chi connectivity index (χ3n) is 2.55. The summed E-state index contributed by atoms with van der Waals surface area (Å²) in [6, 6.07) is 3.69. The van der Waals surface area contributed by atoms with Gasteiger partial charge in [0.1, 0.15) is 10.7 Å². The molecular weight excluding hydrogens is 259 g/mol. The summed E-state index contributed by atoms with van der Waals surface area (Å²) in [6.07, 6.45) is 0.322. The molecule has 102 valence electrons. The maximum absolute atomic E-state index is 13.3. The van der Waals surface area contributed by atoms with Crippen LogP contribution in [0.5, 0.6) is 0 Å². The molecule has 0 aromatic heterocycles. The first-order valence-electron chi connectivity index (χ1n) is 5.60. The highest BCUT2D eigenvalue weighted by molar-refractivity contribution is 7.89. The van der Waals surface area contributed by atoms with Gasteiger partial charge in [0.2, 0.25) is 10.0 Å². The molecule has 1 rings (SSSR count). The molecule has 0 aliphatic heterocycles. The fourth-order valence-electron chi connectivity index (χ4n) is 1.58. The molecule has 0 bridgehead atoms. The van der Waals surface area contributed by atoms with E-state index in [4.69, 9.17) is 10.8 Å². The van der Waals surface area contributed by atoms with Crippen LogP contribution in [-0.4, -0.2) is 37.5 Å². The highest BCUT2D eigenvalue weighted by atomic mass is 32.2. The largest absolute Gasteiger partial charge is 0.396 e. The number of para-hydroxylation sites is 1. The second kappa shape index (κ2) is 6.12. The number of aliphatic hydroxyl groups is 1. The van der Waals surface area contributed by atoms with Gasteiger partial charge in [0.05, 0.1) is 5.69 Å². The monoisotopic (exact) mass is 276 g/mol. The lowest BCUT2D eigenvalue weighted by molar-refractivity contribution is 0.271. The van der Waals surface area contributed by atoms with Crippen molar-refractivity contribution < 1.29 is 17.9 Å². The van der Waals surface area contributed by atoms with Crippen molar-refractivity contribution in [3.8, 4) is 0 Å². The van der Waals surface area contributed by atoms with E-state index in [1.807, 2.05) is 0 Å². The minimum Gasteiger partial charge on any atom is -0.396 e. The Balaban J connectivity index is 3.15. The van der Waals surface area contributed by atoms with Gasteiger partial charge in [-0.15, -0.1) is 0 Å². The summed E-state index contributed by atoms with van der Waals surface area (Å²) in [7, 11) is -3.82. The van der Waals surface area contributed by atoms with Gasteiger partial charge >= 0.3 is 0 Å². The molecule has 5 nitrogen and oxygen atoms in total. The van der Waals surface area contributed by atoms with Crippen molar-refractivity contribution in [1.82, 2.24) is 4.31 Å². The van der Waals surface area contributed by atoms with Gasteiger partial charge in [0, 0.05) is 19.7 Å². The Hall–Kier alpha value is -1.18. The standard InChI is InChI=1S/C11H17FN2O3S/c1-2-14(7-4-8-15)18(16,17)10-6-3-5-9(12)11(10)13/h3,5-6,15H,2,4,7-8,13H2,1H3. The second-order valence-electron chi connectivity index (χ2n) is 3.73. The van der Waals surface area contributed by atoms with Crippen molar-refractivity contribution in [3.05, 3.63) is 24.0 Å². The number of anilines is 1. The first kappa shape index (κ1) is 14.9. The van der Waals surface area contributed by atoms with E-state index in [-0.39, 0.29) is 30.3 Å². The zero-order chi connectivity index (χ0) is 13.8. The lowest BCUT2D eigenvalue weighted by Crippen LogP contribution is -2.32. The Labute approximate surface area is 106 Å². The van der Waals surface area contributed by atoms with Crippen LogP contribution in [0.25, 0.3) is 0 Å². The summed E-state index contributed by atoms with van der Waals surface area (Å²) in [6.45, 7) is 1.97. The number of sulfonamides is 1. The molecule has 18 heavy (non-hydrogen) atoms. The average Bonchev–Trinajstić information content (AvgIpc) is 2.33. The van der Waals surface area contributed by atoms with E-state index < -0.39 is 15.8 Å². The van der Waals surface area contributed by atoms with Crippen LogP contribution in [0.15, 0.2) is 23.1 Å². The first-order chi connectivity index (χ1) is 8.45. The van der Waals surface area contributed by atoms with Crippen molar-refractivity contribution in [3.63, 3.8) is 0 Å². The van der Waals surface area contributed by atoms with E-state index in [0.717, 1.165) is 10.4 Å². The van der Waals surface area contributed by atoms with E-state index in [9.17, 15) is 12.8 Å².